The standard InChI is InChI=1S/C14H7ClF4O2/c15-12-6-8(16)2-4-9(12)7-1-3-10(13(20)21)11(5-7)14(17,18)19/h1-6H,(H,20,21). The molecule has 0 unspecified atom stereocenters. The van der Waals surface area contributed by atoms with Gasteiger partial charge in [-0.1, -0.05) is 17.7 Å². The summed E-state index contributed by atoms with van der Waals surface area (Å²) in [6.07, 6.45) is -4.82. The van der Waals surface area contributed by atoms with Crippen LogP contribution in [0.3, 0.4) is 0 Å². The van der Waals surface area contributed by atoms with Gasteiger partial charge in [0.25, 0.3) is 0 Å². The Morgan fingerprint density at radius 2 is 1.76 bits per heavy atom. The second-order valence-corrected chi connectivity index (χ2v) is 4.59. The van der Waals surface area contributed by atoms with Crippen LogP contribution in [0.15, 0.2) is 36.4 Å². The van der Waals surface area contributed by atoms with E-state index in [1.54, 1.807) is 0 Å². The maximum absolute atomic E-state index is 13.0. The number of benzene rings is 2. The molecular formula is C14H7ClF4O2. The number of hydrogen-bond acceptors (Lipinski definition) is 1. The normalized spacial score (nSPS) is 11.5. The largest absolute Gasteiger partial charge is 0.478 e. The molecule has 110 valence electrons. The van der Waals surface area contributed by atoms with Crippen LogP contribution in [0.2, 0.25) is 5.02 Å². The Balaban J connectivity index is 2.64. The van der Waals surface area contributed by atoms with Crippen molar-refractivity contribution in [2.45, 2.75) is 6.18 Å². The summed E-state index contributed by atoms with van der Waals surface area (Å²) in [5, 5.41) is 8.74. The van der Waals surface area contributed by atoms with Crippen molar-refractivity contribution in [2.75, 3.05) is 0 Å². The summed E-state index contributed by atoms with van der Waals surface area (Å²) in [5.41, 5.74) is -1.91. The van der Waals surface area contributed by atoms with Gasteiger partial charge < -0.3 is 5.11 Å². The van der Waals surface area contributed by atoms with E-state index in [0.717, 1.165) is 18.2 Å². The van der Waals surface area contributed by atoms with Crippen LogP contribution in [-0.4, -0.2) is 11.1 Å². The van der Waals surface area contributed by atoms with Crippen LogP contribution in [0.25, 0.3) is 11.1 Å². The molecule has 0 amide bonds. The van der Waals surface area contributed by atoms with Crippen LogP contribution in [0.1, 0.15) is 15.9 Å². The van der Waals surface area contributed by atoms with Crippen LogP contribution >= 0.6 is 11.6 Å². The van der Waals surface area contributed by atoms with Gasteiger partial charge in [-0.2, -0.15) is 13.2 Å². The lowest BCUT2D eigenvalue weighted by Gasteiger charge is -2.13. The fraction of sp³-hybridized carbons (Fsp3) is 0.0714. The van der Waals surface area contributed by atoms with Crippen molar-refractivity contribution < 1.29 is 27.5 Å². The molecule has 21 heavy (non-hydrogen) atoms. The predicted octanol–water partition coefficient (Wildman–Crippen LogP) is 4.86. The van der Waals surface area contributed by atoms with E-state index in [4.69, 9.17) is 16.7 Å². The maximum Gasteiger partial charge on any atom is 0.417 e. The summed E-state index contributed by atoms with van der Waals surface area (Å²) in [6, 6.07) is 5.98. The van der Waals surface area contributed by atoms with E-state index in [0.29, 0.717) is 6.07 Å². The molecule has 2 aromatic rings. The van der Waals surface area contributed by atoms with E-state index in [2.05, 4.69) is 0 Å². The first kappa shape index (κ1) is 15.3. The lowest BCUT2D eigenvalue weighted by Crippen LogP contribution is -2.13. The highest BCUT2D eigenvalue weighted by atomic mass is 35.5. The predicted molar refractivity (Wildman–Crippen MR) is 68.8 cm³/mol. The molecule has 0 heterocycles. The smallest absolute Gasteiger partial charge is 0.417 e. The van der Waals surface area contributed by atoms with Crippen molar-refractivity contribution in [2.24, 2.45) is 0 Å². The van der Waals surface area contributed by atoms with E-state index in [1.165, 1.54) is 12.1 Å². The molecule has 2 nitrogen and oxygen atoms in total. The number of rotatable bonds is 2. The van der Waals surface area contributed by atoms with E-state index in [1.807, 2.05) is 0 Å². The van der Waals surface area contributed by atoms with Crippen molar-refractivity contribution in [3.05, 3.63) is 58.4 Å². The third-order valence-corrected chi connectivity index (χ3v) is 3.11. The molecular weight excluding hydrogens is 312 g/mol. The minimum Gasteiger partial charge on any atom is -0.478 e. The van der Waals surface area contributed by atoms with Crippen molar-refractivity contribution in [3.63, 3.8) is 0 Å². The maximum atomic E-state index is 13.0. The third-order valence-electron chi connectivity index (χ3n) is 2.80. The van der Waals surface area contributed by atoms with Gasteiger partial charge in [-0.25, -0.2) is 9.18 Å². The van der Waals surface area contributed by atoms with Gasteiger partial charge in [0.2, 0.25) is 0 Å². The summed E-state index contributed by atoms with van der Waals surface area (Å²) in [4.78, 5) is 10.9. The summed E-state index contributed by atoms with van der Waals surface area (Å²) in [5.74, 6) is -2.30. The molecule has 0 radical (unpaired) electrons. The van der Waals surface area contributed by atoms with Crippen molar-refractivity contribution in [1.29, 1.82) is 0 Å². The van der Waals surface area contributed by atoms with Gasteiger partial charge in [0.15, 0.2) is 0 Å². The van der Waals surface area contributed by atoms with Gasteiger partial charge in [-0.05, 0) is 35.9 Å². The fourth-order valence-corrected chi connectivity index (χ4v) is 2.13. The summed E-state index contributed by atoms with van der Waals surface area (Å²) < 4.78 is 51.7. The Hall–Kier alpha value is -2.08. The SMILES string of the molecule is O=C(O)c1ccc(-c2ccc(F)cc2Cl)cc1C(F)(F)F. The Kier molecular flexibility index (Phi) is 3.91. The molecule has 0 aliphatic rings. The molecule has 0 aliphatic heterocycles. The molecule has 1 N–H and O–H groups in total. The van der Waals surface area contributed by atoms with E-state index < -0.39 is 29.1 Å². The van der Waals surface area contributed by atoms with Gasteiger partial charge in [-0.15, -0.1) is 0 Å². The van der Waals surface area contributed by atoms with Crippen LogP contribution in [0, 0.1) is 5.82 Å². The van der Waals surface area contributed by atoms with Crippen LogP contribution in [0.5, 0.6) is 0 Å². The van der Waals surface area contributed by atoms with Crippen molar-refractivity contribution in [3.8, 4) is 11.1 Å². The summed E-state index contributed by atoms with van der Waals surface area (Å²) in [7, 11) is 0. The molecule has 2 aromatic carbocycles. The summed E-state index contributed by atoms with van der Waals surface area (Å²) >= 11 is 5.80. The first-order valence-corrected chi connectivity index (χ1v) is 5.98. The topological polar surface area (TPSA) is 37.3 Å². The quantitative estimate of drug-likeness (QED) is 0.803. The molecule has 2 rings (SSSR count). The number of carbonyl (C=O) groups is 1. The zero-order valence-electron chi connectivity index (χ0n) is 10.2. The minimum atomic E-state index is -4.82. The first-order valence-electron chi connectivity index (χ1n) is 5.60. The Labute approximate surface area is 121 Å². The minimum absolute atomic E-state index is 0.0531. The average molecular weight is 319 g/mol. The van der Waals surface area contributed by atoms with E-state index >= 15 is 0 Å². The number of alkyl halides is 3. The molecule has 7 heteroatoms. The zero-order valence-corrected chi connectivity index (χ0v) is 11.0. The van der Waals surface area contributed by atoms with Gasteiger partial charge in [0, 0.05) is 5.56 Å². The number of carboxylic acid groups (broad SMARTS) is 1. The highest BCUT2D eigenvalue weighted by Crippen LogP contribution is 2.36. The molecule has 0 spiro atoms. The molecule has 0 bridgehead atoms. The van der Waals surface area contributed by atoms with Crippen LogP contribution in [0.4, 0.5) is 17.6 Å². The summed E-state index contributed by atoms with van der Waals surface area (Å²) in [6.45, 7) is 0. The van der Waals surface area contributed by atoms with Crippen LogP contribution < -0.4 is 0 Å². The van der Waals surface area contributed by atoms with Gasteiger partial charge in [0.1, 0.15) is 5.82 Å². The second kappa shape index (κ2) is 5.37. The number of halogens is 5. The highest BCUT2D eigenvalue weighted by Gasteiger charge is 2.35. The molecule has 0 aliphatic carbocycles. The Morgan fingerprint density at radius 1 is 1.10 bits per heavy atom. The molecule has 0 aromatic heterocycles. The number of hydrogen-bond donors (Lipinski definition) is 1. The molecule has 0 fully saturated rings. The lowest BCUT2D eigenvalue weighted by molar-refractivity contribution is -0.138. The number of aromatic carboxylic acids is 1. The number of carboxylic acids is 1. The first-order chi connectivity index (χ1) is 9.70. The Morgan fingerprint density at radius 3 is 2.29 bits per heavy atom. The Bertz CT molecular complexity index is 711. The van der Waals surface area contributed by atoms with Gasteiger partial charge >= 0.3 is 12.1 Å². The van der Waals surface area contributed by atoms with Gasteiger partial charge in [-0.3, -0.25) is 0 Å². The lowest BCUT2D eigenvalue weighted by atomic mass is 9.98. The van der Waals surface area contributed by atoms with E-state index in [9.17, 15) is 22.4 Å². The van der Waals surface area contributed by atoms with Crippen molar-refractivity contribution >= 4 is 17.6 Å². The molecule has 0 atom stereocenters. The third kappa shape index (κ3) is 3.16. The second-order valence-electron chi connectivity index (χ2n) is 4.19. The molecule has 0 saturated heterocycles. The monoisotopic (exact) mass is 318 g/mol. The average Bonchev–Trinajstić information content (AvgIpc) is 2.37. The highest BCUT2D eigenvalue weighted by molar-refractivity contribution is 6.33. The van der Waals surface area contributed by atoms with E-state index in [-0.39, 0.29) is 16.1 Å². The fourth-order valence-electron chi connectivity index (χ4n) is 1.86. The molecule has 0 saturated carbocycles. The van der Waals surface area contributed by atoms with Gasteiger partial charge in [0.05, 0.1) is 16.1 Å². The van der Waals surface area contributed by atoms with Crippen molar-refractivity contribution in [1.82, 2.24) is 0 Å². The van der Waals surface area contributed by atoms with Crippen LogP contribution in [-0.2, 0) is 6.18 Å². The zero-order chi connectivity index (χ0) is 15.8.